The van der Waals surface area contributed by atoms with Gasteiger partial charge in [-0.3, -0.25) is 0 Å². The zero-order valence-electron chi connectivity index (χ0n) is 12.7. The van der Waals surface area contributed by atoms with Crippen LogP contribution in [0.5, 0.6) is 0 Å². The summed E-state index contributed by atoms with van der Waals surface area (Å²) in [6.07, 6.45) is 1.23. The summed E-state index contributed by atoms with van der Waals surface area (Å²) in [5, 5.41) is 0. The van der Waals surface area contributed by atoms with Crippen molar-refractivity contribution in [3.05, 3.63) is 0 Å². The fraction of sp³-hybridized carbons (Fsp3) is 1.00. The van der Waals surface area contributed by atoms with Gasteiger partial charge in [-0.1, -0.05) is 20.8 Å². The molecule has 0 fully saturated rings. The molecule has 13 heteroatoms. The fourth-order valence-corrected chi connectivity index (χ4v) is 2.25. The first-order valence-corrected chi connectivity index (χ1v) is 10.7. The second-order valence-corrected chi connectivity index (χ2v) is 8.36. The van der Waals surface area contributed by atoms with Gasteiger partial charge in [0.25, 0.3) is 0 Å². The SMILES string of the molecule is CCCS(=O)(=O)[O-].CCCS(=O)(=O)[O-].CCCS(=O)(=O)[O-].[Al+3]. The van der Waals surface area contributed by atoms with Crippen LogP contribution >= 0.6 is 0 Å². The van der Waals surface area contributed by atoms with Gasteiger partial charge in [-0.15, -0.1) is 0 Å². The number of hydrogen-bond acceptors (Lipinski definition) is 9. The third-order valence-electron chi connectivity index (χ3n) is 1.36. The van der Waals surface area contributed by atoms with Gasteiger partial charge in [-0.25, -0.2) is 25.3 Å². The quantitative estimate of drug-likeness (QED) is 0.421. The summed E-state index contributed by atoms with van der Waals surface area (Å²) in [6.45, 7) is 4.94. The molecule has 0 bridgehead atoms. The first-order chi connectivity index (χ1) is 9.18. The molecule has 0 atom stereocenters. The van der Waals surface area contributed by atoms with E-state index in [-0.39, 0.29) is 34.6 Å². The molecule has 0 aliphatic heterocycles. The molecule has 0 spiro atoms. The van der Waals surface area contributed by atoms with Gasteiger partial charge in [-0.05, 0) is 19.3 Å². The molecule has 9 nitrogen and oxygen atoms in total. The fourth-order valence-electron chi connectivity index (χ4n) is 0.750. The van der Waals surface area contributed by atoms with E-state index < -0.39 is 30.4 Å². The monoisotopic (exact) mass is 396 g/mol. The Balaban J connectivity index is -0.000000108. The zero-order valence-corrected chi connectivity index (χ0v) is 16.3. The van der Waals surface area contributed by atoms with Crippen LogP contribution in [0.2, 0.25) is 0 Å². The van der Waals surface area contributed by atoms with E-state index in [4.69, 9.17) is 0 Å². The van der Waals surface area contributed by atoms with E-state index in [0.717, 1.165) is 0 Å². The van der Waals surface area contributed by atoms with Gasteiger partial charge in [0.2, 0.25) is 0 Å². The van der Waals surface area contributed by atoms with E-state index in [1.54, 1.807) is 20.8 Å². The van der Waals surface area contributed by atoms with Gasteiger partial charge < -0.3 is 13.7 Å². The third kappa shape index (κ3) is 50.0. The van der Waals surface area contributed by atoms with Crippen molar-refractivity contribution < 1.29 is 38.9 Å². The Labute approximate surface area is 143 Å². The van der Waals surface area contributed by atoms with Crippen LogP contribution in [0, 0.1) is 0 Å². The van der Waals surface area contributed by atoms with Crippen LogP contribution in [0.15, 0.2) is 0 Å². The van der Waals surface area contributed by atoms with Crippen LogP contribution in [0.1, 0.15) is 40.0 Å². The van der Waals surface area contributed by atoms with Crippen LogP contribution in [0.4, 0.5) is 0 Å². The van der Waals surface area contributed by atoms with Crippen LogP contribution in [-0.2, 0) is 30.4 Å². The third-order valence-corrected chi connectivity index (χ3v) is 4.09. The molecule has 0 saturated heterocycles. The summed E-state index contributed by atoms with van der Waals surface area (Å²) in [5.74, 6) is -0.729. The number of rotatable bonds is 6. The van der Waals surface area contributed by atoms with Crippen molar-refractivity contribution in [2.24, 2.45) is 0 Å². The largest absolute Gasteiger partial charge is 3.00 e. The van der Waals surface area contributed by atoms with Crippen molar-refractivity contribution in [1.82, 2.24) is 0 Å². The van der Waals surface area contributed by atoms with Gasteiger partial charge >= 0.3 is 17.4 Å². The molecule has 132 valence electrons. The summed E-state index contributed by atoms with van der Waals surface area (Å²) < 4.78 is 87.1. The summed E-state index contributed by atoms with van der Waals surface area (Å²) >= 11 is 0. The van der Waals surface area contributed by atoms with Crippen molar-refractivity contribution in [3.63, 3.8) is 0 Å². The molecule has 0 unspecified atom stereocenters. The van der Waals surface area contributed by atoms with Crippen molar-refractivity contribution in [1.29, 1.82) is 0 Å². The normalized spacial score (nSPS) is 11.2. The Morgan fingerprint density at radius 2 is 0.682 bits per heavy atom. The minimum Gasteiger partial charge on any atom is -0.748 e. The second-order valence-electron chi connectivity index (χ2n) is 3.79. The van der Waals surface area contributed by atoms with E-state index in [2.05, 4.69) is 0 Å². The molecule has 0 aromatic rings. The molecule has 0 rings (SSSR count). The van der Waals surface area contributed by atoms with Crippen LogP contribution in [0.3, 0.4) is 0 Å². The zero-order chi connectivity index (χ0) is 17.7. The Kier molecular flexibility index (Phi) is 20.3. The molecule has 0 aliphatic carbocycles. The summed E-state index contributed by atoms with van der Waals surface area (Å²) in [6, 6.07) is 0. The van der Waals surface area contributed by atoms with Gasteiger partial charge in [0.15, 0.2) is 0 Å². The standard InChI is InChI=1S/3C3H8O3S.Al/c3*1-2-3-7(4,5)6;/h3*2-3H2,1H3,(H,4,5,6);/q;;;+3/p-3. The average Bonchev–Trinajstić information content (AvgIpc) is 2.12. The predicted octanol–water partition coefficient (Wildman–Crippen LogP) is -0.556. The average molecular weight is 396 g/mol. The van der Waals surface area contributed by atoms with Gasteiger partial charge in [0.1, 0.15) is 0 Å². The Morgan fingerprint density at radius 3 is 0.682 bits per heavy atom. The summed E-state index contributed by atoms with van der Waals surface area (Å²) in [7, 11) is -11.8. The van der Waals surface area contributed by atoms with Gasteiger partial charge in [0.05, 0.1) is 30.4 Å². The molecule has 0 saturated carbocycles. The molecule has 0 aromatic carbocycles. The van der Waals surface area contributed by atoms with Gasteiger partial charge in [-0.2, -0.15) is 0 Å². The topological polar surface area (TPSA) is 172 Å². The molecule has 0 radical (unpaired) electrons. The molecule has 0 aromatic heterocycles. The molecule has 0 N–H and O–H groups in total. The second kappa shape index (κ2) is 14.8. The Hall–Kier alpha value is 0.262. The van der Waals surface area contributed by atoms with E-state index >= 15 is 0 Å². The van der Waals surface area contributed by atoms with Crippen LogP contribution in [-0.4, -0.2) is 73.5 Å². The summed E-state index contributed by atoms with van der Waals surface area (Å²) in [4.78, 5) is 0. The van der Waals surface area contributed by atoms with E-state index in [1.807, 2.05) is 0 Å². The minimum atomic E-state index is -3.92. The molecular formula is C9H21AlO9S3. The Morgan fingerprint density at radius 1 is 0.545 bits per heavy atom. The maximum atomic E-state index is 9.68. The van der Waals surface area contributed by atoms with E-state index in [0.29, 0.717) is 19.3 Å². The van der Waals surface area contributed by atoms with Crippen LogP contribution < -0.4 is 0 Å². The first kappa shape index (κ1) is 30.2. The maximum absolute atomic E-state index is 9.68. The molecule has 22 heavy (non-hydrogen) atoms. The van der Waals surface area contributed by atoms with Crippen molar-refractivity contribution >= 4 is 47.7 Å². The van der Waals surface area contributed by atoms with Gasteiger partial charge in [0, 0.05) is 17.3 Å². The number of hydrogen-bond donors (Lipinski definition) is 0. The van der Waals surface area contributed by atoms with Crippen molar-refractivity contribution in [3.8, 4) is 0 Å². The smallest absolute Gasteiger partial charge is 0.748 e. The van der Waals surface area contributed by atoms with Crippen LogP contribution in [0.25, 0.3) is 0 Å². The van der Waals surface area contributed by atoms with Crippen molar-refractivity contribution in [2.75, 3.05) is 17.3 Å². The first-order valence-electron chi connectivity index (χ1n) is 5.99. The molecule has 0 heterocycles. The minimum absolute atomic E-state index is 0. The molecule has 0 amide bonds. The molecular weight excluding hydrogens is 375 g/mol. The Bertz CT molecular complexity index is 456. The predicted molar refractivity (Wildman–Crippen MR) is 80.3 cm³/mol. The molecule has 0 aliphatic rings. The maximum Gasteiger partial charge on any atom is 3.00 e. The van der Waals surface area contributed by atoms with E-state index in [9.17, 15) is 38.9 Å². The van der Waals surface area contributed by atoms with Crippen molar-refractivity contribution in [2.45, 2.75) is 40.0 Å². The summed E-state index contributed by atoms with van der Waals surface area (Å²) in [5.41, 5.74) is 0. The van der Waals surface area contributed by atoms with E-state index in [1.165, 1.54) is 0 Å².